The molecule has 42 heavy (non-hydrogen) atoms. The SMILES string of the molecule is CCCCCCCCC1(CCCCCCCC)c2cc(C)ccc2-c2ccc(N(C)c3ccc(CCCC)cc3)cc21. The molecule has 0 radical (unpaired) electrons. The zero-order valence-electron chi connectivity index (χ0n) is 27.7. The minimum absolute atomic E-state index is 0.132. The van der Waals surface area contributed by atoms with E-state index >= 15 is 0 Å². The number of hydrogen-bond donors (Lipinski definition) is 0. The summed E-state index contributed by atoms with van der Waals surface area (Å²) in [5, 5.41) is 0. The number of unbranched alkanes of at least 4 members (excludes halogenated alkanes) is 11. The van der Waals surface area contributed by atoms with Crippen LogP contribution in [0.25, 0.3) is 11.1 Å². The average Bonchev–Trinajstić information content (AvgIpc) is 3.27. The van der Waals surface area contributed by atoms with Gasteiger partial charge in [0.1, 0.15) is 0 Å². The van der Waals surface area contributed by atoms with Crippen LogP contribution in [0.5, 0.6) is 0 Å². The van der Waals surface area contributed by atoms with Crippen LogP contribution >= 0.6 is 0 Å². The minimum Gasteiger partial charge on any atom is -0.345 e. The first kappa shape index (κ1) is 32.4. The molecule has 0 unspecified atom stereocenters. The van der Waals surface area contributed by atoms with E-state index in [0.717, 1.165) is 0 Å². The third-order valence-electron chi connectivity index (χ3n) is 9.94. The summed E-state index contributed by atoms with van der Waals surface area (Å²) in [5.74, 6) is 0. The summed E-state index contributed by atoms with van der Waals surface area (Å²) < 4.78 is 0. The third kappa shape index (κ3) is 7.89. The Kier molecular flexibility index (Phi) is 12.6. The molecular weight excluding hydrogens is 506 g/mol. The van der Waals surface area contributed by atoms with Crippen LogP contribution in [0, 0.1) is 6.92 Å². The highest BCUT2D eigenvalue weighted by Crippen LogP contribution is 2.55. The molecule has 0 aliphatic heterocycles. The molecule has 0 amide bonds. The molecule has 0 saturated carbocycles. The smallest absolute Gasteiger partial charge is 0.0411 e. The van der Waals surface area contributed by atoms with Gasteiger partial charge in [0.2, 0.25) is 0 Å². The van der Waals surface area contributed by atoms with Gasteiger partial charge in [0.05, 0.1) is 0 Å². The van der Waals surface area contributed by atoms with Crippen LogP contribution in [-0.2, 0) is 11.8 Å². The van der Waals surface area contributed by atoms with Gasteiger partial charge < -0.3 is 4.90 Å². The summed E-state index contributed by atoms with van der Waals surface area (Å²) in [4.78, 5) is 2.40. The van der Waals surface area contributed by atoms with Gasteiger partial charge in [-0.1, -0.05) is 146 Å². The van der Waals surface area contributed by atoms with E-state index in [1.807, 2.05) is 0 Å². The fourth-order valence-corrected chi connectivity index (χ4v) is 7.30. The van der Waals surface area contributed by atoms with E-state index in [1.165, 1.54) is 143 Å². The molecule has 4 rings (SSSR count). The predicted molar refractivity (Wildman–Crippen MR) is 186 cm³/mol. The van der Waals surface area contributed by atoms with E-state index in [-0.39, 0.29) is 5.41 Å². The van der Waals surface area contributed by atoms with Gasteiger partial charge >= 0.3 is 0 Å². The molecule has 3 aromatic rings. The molecule has 0 bridgehead atoms. The van der Waals surface area contributed by atoms with Crippen molar-refractivity contribution in [2.45, 2.75) is 142 Å². The van der Waals surface area contributed by atoms with E-state index in [2.05, 4.69) is 100 Å². The molecule has 0 spiro atoms. The van der Waals surface area contributed by atoms with E-state index in [0.29, 0.717) is 0 Å². The second-order valence-corrected chi connectivity index (χ2v) is 13.2. The van der Waals surface area contributed by atoms with E-state index in [4.69, 9.17) is 0 Å². The van der Waals surface area contributed by atoms with Crippen molar-refractivity contribution < 1.29 is 0 Å². The zero-order chi connectivity index (χ0) is 29.8. The summed E-state index contributed by atoms with van der Waals surface area (Å²) in [6.45, 7) is 9.20. The number of fused-ring (bicyclic) bond motifs is 3. The summed E-state index contributed by atoms with van der Waals surface area (Å²) in [7, 11) is 2.25. The van der Waals surface area contributed by atoms with Gasteiger partial charge in [-0.15, -0.1) is 0 Å². The summed E-state index contributed by atoms with van der Waals surface area (Å²) in [5.41, 5.74) is 11.7. The van der Waals surface area contributed by atoms with Crippen molar-refractivity contribution in [1.29, 1.82) is 0 Å². The number of nitrogens with zero attached hydrogens (tertiary/aromatic N) is 1. The Balaban J connectivity index is 1.66. The number of anilines is 2. The van der Waals surface area contributed by atoms with Crippen molar-refractivity contribution in [3.63, 3.8) is 0 Å². The summed E-state index contributed by atoms with van der Waals surface area (Å²) in [6, 6.07) is 24.0. The van der Waals surface area contributed by atoms with Gasteiger partial charge in [0, 0.05) is 23.8 Å². The lowest BCUT2D eigenvalue weighted by molar-refractivity contribution is 0.397. The van der Waals surface area contributed by atoms with Gasteiger partial charge in [-0.2, -0.15) is 0 Å². The molecule has 1 nitrogen and oxygen atoms in total. The number of benzene rings is 3. The standard InChI is InChI=1S/C41H59N/c1-6-9-12-14-16-18-29-41(30-19-17-15-13-10-7-2)39-31-33(4)21-27-37(39)38-28-26-36(32-40(38)41)42(5)35-24-22-34(23-25-35)20-11-8-3/h21-28,31-32H,6-20,29-30H2,1-5H3. The predicted octanol–water partition coefficient (Wildman–Crippen LogP) is 12.9. The Bertz CT molecular complexity index is 1200. The van der Waals surface area contributed by atoms with E-state index in [1.54, 1.807) is 11.1 Å². The minimum atomic E-state index is 0.132. The Morgan fingerprint density at radius 3 is 1.62 bits per heavy atom. The monoisotopic (exact) mass is 565 g/mol. The molecule has 3 aromatic carbocycles. The first-order valence-electron chi connectivity index (χ1n) is 17.6. The molecule has 1 heteroatoms. The quantitative estimate of drug-likeness (QED) is 0.131. The van der Waals surface area contributed by atoms with Crippen molar-refractivity contribution in [2.24, 2.45) is 0 Å². The van der Waals surface area contributed by atoms with Crippen molar-refractivity contribution in [2.75, 3.05) is 11.9 Å². The lowest BCUT2D eigenvalue weighted by atomic mass is 9.70. The van der Waals surface area contributed by atoms with Gasteiger partial charge in [0.15, 0.2) is 0 Å². The lowest BCUT2D eigenvalue weighted by Crippen LogP contribution is -2.26. The van der Waals surface area contributed by atoms with Crippen molar-refractivity contribution in [1.82, 2.24) is 0 Å². The van der Waals surface area contributed by atoms with Gasteiger partial charge in [-0.25, -0.2) is 0 Å². The average molecular weight is 566 g/mol. The van der Waals surface area contributed by atoms with Crippen LogP contribution in [0.1, 0.15) is 146 Å². The highest BCUT2D eigenvalue weighted by Gasteiger charge is 2.42. The van der Waals surface area contributed by atoms with Crippen LogP contribution in [0.2, 0.25) is 0 Å². The fraction of sp³-hybridized carbons (Fsp3) is 0.561. The Hall–Kier alpha value is -2.54. The topological polar surface area (TPSA) is 3.24 Å². The van der Waals surface area contributed by atoms with Crippen LogP contribution < -0.4 is 4.90 Å². The molecule has 0 atom stereocenters. The molecular formula is C41H59N. The molecule has 228 valence electrons. The maximum Gasteiger partial charge on any atom is 0.0411 e. The zero-order valence-corrected chi connectivity index (χ0v) is 27.7. The maximum atomic E-state index is 2.57. The number of aryl methyl sites for hydroxylation is 2. The summed E-state index contributed by atoms with van der Waals surface area (Å²) >= 11 is 0. The van der Waals surface area contributed by atoms with Gasteiger partial charge in [-0.3, -0.25) is 0 Å². The number of hydrogen-bond acceptors (Lipinski definition) is 1. The largest absolute Gasteiger partial charge is 0.345 e. The number of rotatable bonds is 19. The second-order valence-electron chi connectivity index (χ2n) is 13.2. The van der Waals surface area contributed by atoms with Gasteiger partial charge in [0.25, 0.3) is 0 Å². The van der Waals surface area contributed by atoms with Crippen LogP contribution in [0.15, 0.2) is 60.7 Å². The Labute approximate surface area is 259 Å². The maximum absolute atomic E-state index is 2.57. The van der Waals surface area contributed by atoms with Crippen LogP contribution in [-0.4, -0.2) is 7.05 Å². The van der Waals surface area contributed by atoms with E-state index < -0.39 is 0 Å². The van der Waals surface area contributed by atoms with E-state index in [9.17, 15) is 0 Å². The van der Waals surface area contributed by atoms with Gasteiger partial charge in [-0.05, 0) is 84.7 Å². The normalized spacial score (nSPS) is 13.3. The Morgan fingerprint density at radius 1 is 0.524 bits per heavy atom. The molecule has 1 aliphatic carbocycles. The molecule has 0 aromatic heterocycles. The van der Waals surface area contributed by atoms with Crippen molar-refractivity contribution in [3.05, 3.63) is 82.9 Å². The molecule has 1 aliphatic rings. The first-order valence-corrected chi connectivity index (χ1v) is 17.6. The molecule has 0 fully saturated rings. The third-order valence-corrected chi connectivity index (χ3v) is 9.94. The molecule has 0 saturated heterocycles. The summed E-state index contributed by atoms with van der Waals surface area (Å²) in [6.07, 6.45) is 22.5. The van der Waals surface area contributed by atoms with Crippen LogP contribution in [0.3, 0.4) is 0 Å². The second kappa shape index (κ2) is 16.3. The Morgan fingerprint density at radius 2 is 1.02 bits per heavy atom. The highest BCUT2D eigenvalue weighted by atomic mass is 15.1. The van der Waals surface area contributed by atoms with Crippen molar-refractivity contribution >= 4 is 11.4 Å². The molecule has 0 N–H and O–H groups in total. The first-order chi connectivity index (χ1) is 20.5. The van der Waals surface area contributed by atoms with Crippen molar-refractivity contribution in [3.8, 4) is 11.1 Å². The highest BCUT2D eigenvalue weighted by molar-refractivity contribution is 5.84. The molecule has 0 heterocycles. The fourth-order valence-electron chi connectivity index (χ4n) is 7.30. The van der Waals surface area contributed by atoms with Crippen LogP contribution in [0.4, 0.5) is 11.4 Å². The lowest BCUT2D eigenvalue weighted by Gasteiger charge is -2.34.